The van der Waals surface area contributed by atoms with E-state index in [1.165, 1.54) is 25.9 Å². The summed E-state index contributed by atoms with van der Waals surface area (Å²) in [5.74, 6) is -0.239. The molecule has 27 heavy (non-hydrogen) atoms. The minimum atomic E-state index is -0.239. The smallest absolute Gasteiger partial charge is 0.255 e. The number of anilines is 2. The van der Waals surface area contributed by atoms with Crippen LogP contribution in [-0.4, -0.2) is 50.0 Å². The molecule has 2 N–H and O–H groups in total. The van der Waals surface area contributed by atoms with Crippen molar-refractivity contribution in [2.24, 2.45) is 4.99 Å². The van der Waals surface area contributed by atoms with E-state index in [1.807, 2.05) is 12.1 Å². The second-order valence-corrected chi connectivity index (χ2v) is 6.56. The van der Waals surface area contributed by atoms with Gasteiger partial charge in [0.15, 0.2) is 0 Å². The van der Waals surface area contributed by atoms with Crippen molar-refractivity contribution in [3.63, 3.8) is 0 Å². The molecule has 1 saturated heterocycles. The Hall–Kier alpha value is -2.99. The predicted octanol–water partition coefficient (Wildman–Crippen LogP) is 3.59. The van der Waals surface area contributed by atoms with Gasteiger partial charge in [-0.2, -0.15) is 0 Å². The Morgan fingerprint density at radius 1 is 1.15 bits per heavy atom. The number of rotatable bonds is 8. The summed E-state index contributed by atoms with van der Waals surface area (Å²) in [5.41, 5.74) is 3.27. The number of likely N-dealkylation sites (tertiary alicyclic amines) is 1. The molecular formula is C21H24N4O2. The molecule has 2 aromatic rings. The van der Waals surface area contributed by atoms with Gasteiger partial charge >= 0.3 is 0 Å². The van der Waals surface area contributed by atoms with Crippen molar-refractivity contribution in [2.45, 2.75) is 12.8 Å². The van der Waals surface area contributed by atoms with Gasteiger partial charge in [0.1, 0.15) is 6.29 Å². The monoisotopic (exact) mass is 364 g/mol. The first-order valence-corrected chi connectivity index (χ1v) is 9.13. The molecule has 0 radical (unpaired) electrons. The van der Waals surface area contributed by atoms with Gasteiger partial charge in [-0.3, -0.25) is 14.6 Å². The molecule has 2 aromatic carbocycles. The molecule has 140 valence electrons. The van der Waals surface area contributed by atoms with Gasteiger partial charge in [-0.25, -0.2) is 0 Å². The zero-order valence-corrected chi connectivity index (χ0v) is 15.3. The second kappa shape index (κ2) is 9.09. The van der Waals surface area contributed by atoms with Gasteiger partial charge in [0.2, 0.25) is 0 Å². The molecule has 1 amide bonds. The number of amides is 1. The van der Waals surface area contributed by atoms with E-state index in [0.717, 1.165) is 25.1 Å². The minimum absolute atomic E-state index is 0.239. The molecule has 1 aliphatic rings. The predicted molar refractivity (Wildman–Crippen MR) is 110 cm³/mol. The molecule has 3 rings (SSSR count). The highest BCUT2D eigenvalue weighted by atomic mass is 16.1. The zero-order chi connectivity index (χ0) is 19.1. The molecule has 1 aliphatic heterocycles. The lowest BCUT2D eigenvalue weighted by atomic mass is 10.1. The number of aldehydes is 1. The lowest BCUT2D eigenvalue weighted by molar-refractivity contribution is 0.102. The molecule has 0 spiro atoms. The number of hydrogen-bond acceptors (Lipinski definition) is 5. The zero-order valence-electron chi connectivity index (χ0n) is 15.3. The van der Waals surface area contributed by atoms with Crippen molar-refractivity contribution < 1.29 is 9.59 Å². The maximum Gasteiger partial charge on any atom is 0.255 e. The third kappa shape index (κ3) is 5.01. The van der Waals surface area contributed by atoms with Gasteiger partial charge in [0.25, 0.3) is 5.91 Å². The summed E-state index contributed by atoms with van der Waals surface area (Å²) in [5, 5.41) is 6.24. The summed E-state index contributed by atoms with van der Waals surface area (Å²) < 4.78 is 0. The maximum atomic E-state index is 12.4. The fourth-order valence-electron chi connectivity index (χ4n) is 3.16. The van der Waals surface area contributed by atoms with Gasteiger partial charge in [-0.05, 0) is 63.0 Å². The Morgan fingerprint density at radius 2 is 1.89 bits per heavy atom. The first-order chi connectivity index (χ1) is 13.2. The van der Waals surface area contributed by atoms with Crippen molar-refractivity contribution in [1.29, 1.82) is 0 Å². The Morgan fingerprint density at radius 3 is 2.56 bits per heavy atom. The number of nitrogens with one attached hydrogen (secondary N) is 2. The highest BCUT2D eigenvalue weighted by molar-refractivity contribution is 6.05. The Kier molecular flexibility index (Phi) is 6.33. The number of carbonyl (C=O) groups is 2. The van der Waals surface area contributed by atoms with Crippen LogP contribution in [0.3, 0.4) is 0 Å². The lowest BCUT2D eigenvalue weighted by Gasteiger charge is -2.16. The number of aliphatic imine (C=N–C) groups is 1. The summed E-state index contributed by atoms with van der Waals surface area (Å²) in [6.45, 7) is 7.83. The van der Waals surface area contributed by atoms with E-state index in [1.54, 1.807) is 30.3 Å². The summed E-state index contributed by atoms with van der Waals surface area (Å²) in [4.78, 5) is 29.6. The van der Waals surface area contributed by atoms with Crippen LogP contribution in [0, 0.1) is 0 Å². The van der Waals surface area contributed by atoms with Gasteiger partial charge in [0, 0.05) is 29.9 Å². The summed E-state index contributed by atoms with van der Waals surface area (Å²) in [6, 6.07) is 12.0. The van der Waals surface area contributed by atoms with Crippen LogP contribution in [0.5, 0.6) is 0 Å². The van der Waals surface area contributed by atoms with Crippen LogP contribution in [0.4, 0.5) is 17.1 Å². The summed E-state index contributed by atoms with van der Waals surface area (Å²) in [7, 11) is 0. The summed E-state index contributed by atoms with van der Waals surface area (Å²) in [6.07, 6.45) is 3.32. The van der Waals surface area contributed by atoms with Crippen molar-refractivity contribution in [3.8, 4) is 0 Å². The van der Waals surface area contributed by atoms with Crippen molar-refractivity contribution in [1.82, 2.24) is 4.90 Å². The Labute approximate surface area is 159 Å². The molecular weight excluding hydrogens is 340 g/mol. The van der Waals surface area contributed by atoms with E-state index in [2.05, 4.69) is 27.2 Å². The van der Waals surface area contributed by atoms with Crippen molar-refractivity contribution in [2.75, 3.05) is 36.8 Å². The van der Waals surface area contributed by atoms with Crippen molar-refractivity contribution >= 4 is 36.0 Å². The largest absolute Gasteiger partial charge is 0.382 e. The van der Waals surface area contributed by atoms with Gasteiger partial charge in [0.05, 0.1) is 11.4 Å². The molecule has 1 heterocycles. The molecule has 0 unspecified atom stereocenters. The fourth-order valence-corrected chi connectivity index (χ4v) is 3.16. The first-order valence-electron chi connectivity index (χ1n) is 9.13. The molecule has 6 heteroatoms. The molecule has 1 fully saturated rings. The minimum Gasteiger partial charge on any atom is -0.382 e. The van der Waals surface area contributed by atoms with Crippen LogP contribution in [0.2, 0.25) is 0 Å². The van der Waals surface area contributed by atoms with Crippen LogP contribution in [-0.2, 0) is 0 Å². The van der Waals surface area contributed by atoms with E-state index in [0.29, 0.717) is 22.5 Å². The molecule has 0 aromatic heterocycles. The summed E-state index contributed by atoms with van der Waals surface area (Å²) >= 11 is 0. The van der Waals surface area contributed by atoms with Gasteiger partial charge in [-0.1, -0.05) is 12.1 Å². The lowest BCUT2D eigenvalue weighted by Crippen LogP contribution is -2.25. The molecule has 0 bridgehead atoms. The molecule has 6 nitrogen and oxygen atoms in total. The van der Waals surface area contributed by atoms with Crippen LogP contribution < -0.4 is 10.6 Å². The average molecular weight is 364 g/mol. The Balaban J connectivity index is 1.61. The number of nitrogens with zero attached hydrogens (tertiary/aromatic N) is 2. The Bertz CT molecular complexity index is 811. The van der Waals surface area contributed by atoms with Crippen LogP contribution >= 0.6 is 0 Å². The highest BCUT2D eigenvalue weighted by Crippen LogP contribution is 2.28. The SMILES string of the molecule is C=Nc1cc(NC(=O)c2ccc(C=O)cc2)ccc1NCCN1CCCC1. The van der Waals surface area contributed by atoms with E-state index in [4.69, 9.17) is 0 Å². The third-order valence-corrected chi connectivity index (χ3v) is 4.68. The second-order valence-electron chi connectivity index (χ2n) is 6.56. The van der Waals surface area contributed by atoms with Crippen LogP contribution in [0.25, 0.3) is 0 Å². The number of hydrogen-bond donors (Lipinski definition) is 2. The normalized spacial score (nSPS) is 13.9. The number of carbonyl (C=O) groups excluding carboxylic acids is 2. The highest BCUT2D eigenvalue weighted by Gasteiger charge is 2.11. The first kappa shape index (κ1) is 18.8. The average Bonchev–Trinajstić information content (AvgIpc) is 3.22. The number of benzene rings is 2. The van der Waals surface area contributed by atoms with Gasteiger partial charge < -0.3 is 15.5 Å². The standard InChI is InChI=1S/C21H24N4O2/c1-22-20-14-18(24-21(27)17-6-4-16(15-26)5-7-17)8-9-19(20)23-10-13-25-11-2-3-12-25/h4-9,14-15,23H,1-3,10-13H2,(H,24,27). The molecule has 0 saturated carbocycles. The fraction of sp³-hybridized carbons (Fsp3) is 0.286. The maximum absolute atomic E-state index is 12.4. The third-order valence-electron chi connectivity index (χ3n) is 4.68. The van der Waals surface area contributed by atoms with E-state index >= 15 is 0 Å². The topological polar surface area (TPSA) is 73.8 Å². The van der Waals surface area contributed by atoms with Crippen LogP contribution in [0.1, 0.15) is 33.6 Å². The van der Waals surface area contributed by atoms with E-state index in [-0.39, 0.29) is 5.91 Å². The van der Waals surface area contributed by atoms with E-state index < -0.39 is 0 Å². The van der Waals surface area contributed by atoms with E-state index in [9.17, 15) is 9.59 Å². The van der Waals surface area contributed by atoms with Crippen LogP contribution in [0.15, 0.2) is 47.5 Å². The quantitative estimate of drug-likeness (QED) is 0.554. The van der Waals surface area contributed by atoms with Crippen molar-refractivity contribution in [3.05, 3.63) is 53.6 Å². The molecule has 0 atom stereocenters. The molecule has 0 aliphatic carbocycles. The van der Waals surface area contributed by atoms with Gasteiger partial charge in [-0.15, -0.1) is 0 Å².